The molecule has 0 unspecified atom stereocenters. The fourth-order valence-corrected chi connectivity index (χ4v) is 2.86. The van der Waals surface area contributed by atoms with Gasteiger partial charge in [-0.15, -0.1) is 0 Å². The molecule has 0 spiro atoms. The number of nitrogens with zero attached hydrogens (tertiary/aromatic N) is 6. The molecule has 0 saturated carbocycles. The van der Waals surface area contributed by atoms with E-state index in [1.54, 1.807) is 0 Å². The first-order valence-corrected chi connectivity index (χ1v) is 9.00. The molecule has 0 aliphatic carbocycles. The predicted molar refractivity (Wildman–Crippen MR) is 98.2 cm³/mol. The summed E-state index contributed by atoms with van der Waals surface area (Å²) >= 11 is 0. The van der Waals surface area contributed by atoms with Gasteiger partial charge < -0.3 is 19.6 Å². The van der Waals surface area contributed by atoms with Gasteiger partial charge in [0, 0.05) is 37.9 Å². The smallest absolute Gasteiger partial charge is 0.155 e. The number of anilines is 2. The molecular formula is C18H28N6. The second-order valence-electron chi connectivity index (χ2n) is 6.39. The van der Waals surface area contributed by atoms with E-state index >= 15 is 0 Å². The molecule has 3 rings (SSSR count). The maximum atomic E-state index is 4.80. The van der Waals surface area contributed by atoms with Gasteiger partial charge in [-0.05, 0) is 12.8 Å². The minimum Gasteiger partial charge on any atom is -0.358 e. The maximum Gasteiger partial charge on any atom is 0.155 e. The summed E-state index contributed by atoms with van der Waals surface area (Å²) in [7, 11) is 0. The van der Waals surface area contributed by atoms with Crippen LogP contribution in [0.25, 0.3) is 0 Å². The van der Waals surface area contributed by atoms with Crippen LogP contribution in [-0.4, -0.2) is 46.2 Å². The van der Waals surface area contributed by atoms with E-state index in [1.165, 1.54) is 25.7 Å². The molecule has 0 N–H and O–H groups in total. The van der Waals surface area contributed by atoms with Gasteiger partial charge in [-0.2, -0.15) is 0 Å². The van der Waals surface area contributed by atoms with Crippen LogP contribution < -0.4 is 9.80 Å². The Bertz CT molecular complexity index is 537. The van der Waals surface area contributed by atoms with Gasteiger partial charge in [0.25, 0.3) is 0 Å². The summed E-state index contributed by atoms with van der Waals surface area (Å²) in [6.45, 7) is 8.35. The first-order valence-electron chi connectivity index (χ1n) is 9.00. The molecule has 130 valence electrons. The summed E-state index contributed by atoms with van der Waals surface area (Å²) < 4.78 is 0. The van der Waals surface area contributed by atoms with Crippen molar-refractivity contribution in [3.63, 3.8) is 0 Å². The van der Waals surface area contributed by atoms with Crippen molar-refractivity contribution in [1.82, 2.24) is 19.8 Å². The minimum atomic E-state index is 0.858. The first kappa shape index (κ1) is 16.6. The zero-order chi connectivity index (χ0) is 16.8. The third kappa shape index (κ3) is 3.99. The van der Waals surface area contributed by atoms with Crippen molar-refractivity contribution in [2.24, 2.45) is 0 Å². The van der Waals surface area contributed by atoms with Gasteiger partial charge in [0.1, 0.15) is 0 Å². The summed E-state index contributed by atoms with van der Waals surface area (Å²) in [5.41, 5.74) is 0. The molecule has 3 heterocycles. The maximum absolute atomic E-state index is 4.80. The van der Waals surface area contributed by atoms with E-state index in [2.05, 4.69) is 63.2 Å². The fourth-order valence-electron chi connectivity index (χ4n) is 2.86. The third-order valence-corrected chi connectivity index (χ3v) is 4.38. The SMILES string of the molecule is CCCCN1C=CN(c2cncc(N3C=CN(CCCC)C3)n2)C1. The molecule has 0 fully saturated rings. The molecule has 24 heavy (non-hydrogen) atoms. The summed E-state index contributed by atoms with van der Waals surface area (Å²) in [6, 6.07) is 0. The summed E-state index contributed by atoms with van der Waals surface area (Å²) in [5, 5.41) is 0. The van der Waals surface area contributed by atoms with Gasteiger partial charge in [-0.25, -0.2) is 4.98 Å². The van der Waals surface area contributed by atoms with Crippen LogP contribution in [0.4, 0.5) is 11.6 Å². The molecule has 0 atom stereocenters. The molecule has 0 amide bonds. The summed E-state index contributed by atoms with van der Waals surface area (Å²) in [4.78, 5) is 18.1. The topological polar surface area (TPSA) is 38.7 Å². The predicted octanol–water partition coefficient (Wildman–Crippen LogP) is 3.18. The lowest BCUT2D eigenvalue weighted by atomic mass is 10.3. The van der Waals surface area contributed by atoms with E-state index in [4.69, 9.17) is 4.98 Å². The molecular weight excluding hydrogens is 300 g/mol. The van der Waals surface area contributed by atoms with Crippen LogP contribution in [0, 0.1) is 0 Å². The fraction of sp³-hybridized carbons (Fsp3) is 0.556. The Labute approximate surface area is 145 Å². The highest BCUT2D eigenvalue weighted by atomic mass is 15.4. The average Bonchev–Trinajstić information content (AvgIpc) is 3.28. The lowest BCUT2D eigenvalue weighted by Gasteiger charge is -2.23. The molecule has 6 nitrogen and oxygen atoms in total. The lowest BCUT2D eigenvalue weighted by molar-refractivity contribution is 0.394. The molecule has 6 heteroatoms. The number of unbranched alkanes of at least 4 members (excludes halogenated alkanes) is 2. The van der Waals surface area contributed by atoms with Crippen LogP contribution in [0.5, 0.6) is 0 Å². The van der Waals surface area contributed by atoms with E-state index in [0.29, 0.717) is 0 Å². The average molecular weight is 328 g/mol. The molecule has 0 radical (unpaired) electrons. The number of hydrogen-bond donors (Lipinski definition) is 0. The van der Waals surface area contributed by atoms with Gasteiger partial charge in [-0.1, -0.05) is 26.7 Å². The molecule has 0 aromatic carbocycles. The molecule has 1 aromatic rings. The third-order valence-electron chi connectivity index (χ3n) is 4.38. The van der Waals surface area contributed by atoms with Crippen molar-refractivity contribution >= 4 is 11.6 Å². The normalized spacial score (nSPS) is 16.8. The first-order chi connectivity index (χ1) is 11.8. The highest BCUT2D eigenvalue weighted by molar-refractivity contribution is 5.50. The van der Waals surface area contributed by atoms with Gasteiger partial charge in [0.2, 0.25) is 0 Å². The Hall–Kier alpha value is -2.24. The standard InChI is InChI=1S/C18H28N6/c1-3-5-7-21-9-11-23(15-21)17-13-19-14-18(20-17)24-12-10-22(16-24)8-6-4-2/h9-14H,3-8,15-16H2,1-2H3. The van der Waals surface area contributed by atoms with Crippen molar-refractivity contribution in [3.05, 3.63) is 37.2 Å². The number of rotatable bonds is 8. The van der Waals surface area contributed by atoms with Gasteiger partial charge in [0.05, 0.1) is 25.7 Å². The molecule has 0 saturated heterocycles. The van der Waals surface area contributed by atoms with Crippen LogP contribution in [0.15, 0.2) is 37.2 Å². The zero-order valence-corrected chi connectivity index (χ0v) is 14.8. The van der Waals surface area contributed by atoms with E-state index < -0.39 is 0 Å². The van der Waals surface area contributed by atoms with Crippen LogP contribution in [0.2, 0.25) is 0 Å². The minimum absolute atomic E-state index is 0.858. The Balaban J connectivity index is 1.60. The highest BCUT2D eigenvalue weighted by Crippen LogP contribution is 2.22. The van der Waals surface area contributed by atoms with E-state index in [-0.39, 0.29) is 0 Å². The van der Waals surface area contributed by atoms with E-state index in [1.807, 2.05) is 12.4 Å². The Morgan fingerprint density at radius 3 is 1.75 bits per heavy atom. The lowest BCUT2D eigenvalue weighted by Crippen LogP contribution is -2.28. The van der Waals surface area contributed by atoms with Crippen LogP contribution >= 0.6 is 0 Å². The highest BCUT2D eigenvalue weighted by Gasteiger charge is 2.18. The van der Waals surface area contributed by atoms with Crippen LogP contribution in [-0.2, 0) is 0 Å². The Morgan fingerprint density at radius 1 is 0.792 bits per heavy atom. The largest absolute Gasteiger partial charge is 0.358 e. The molecule has 1 aromatic heterocycles. The summed E-state index contributed by atoms with van der Waals surface area (Å²) in [5.74, 6) is 1.81. The number of hydrogen-bond acceptors (Lipinski definition) is 6. The Morgan fingerprint density at radius 2 is 1.29 bits per heavy atom. The van der Waals surface area contributed by atoms with Crippen molar-refractivity contribution in [3.8, 4) is 0 Å². The van der Waals surface area contributed by atoms with E-state index in [0.717, 1.165) is 38.1 Å². The van der Waals surface area contributed by atoms with E-state index in [9.17, 15) is 0 Å². The summed E-state index contributed by atoms with van der Waals surface area (Å²) in [6.07, 6.45) is 17.0. The van der Waals surface area contributed by atoms with Gasteiger partial charge in [-0.3, -0.25) is 4.98 Å². The zero-order valence-electron chi connectivity index (χ0n) is 14.8. The van der Waals surface area contributed by atoms with Crippen molar-refractivity contribution in [1.29, 1.82) is 0 Å². The number of aromatic nitrogens is 2. The van der Waals surface area contributed by atoms with Crippen LogP contribution in [0.3, 0.4) is 0 Å². The monoisotopic (exact) mass is 328 g/mol. The quantitative estimate of drug-likeness (QED) is 0.730. The van der Waals surface area contributed by atoms with Gasteiger partial charge >= 0.3 is 0 Å². The molecule has 2 aliphatic heterocycles. The molecule has 2 aliphatic rings. The Kier molecular flexibility index (Phi) is 5.56. The second-order valence-corrected chi connectivity index (χ2v) is 6.39. The van der Waals surface area contributed by atoms with Crippen molar-refractivity contribution in [2.75, 3.05) is 36.2 Å². The van der Waals surface area contributed by atoms with Crippen molar-refractivity contribution < 1.29 is 0 Å². The van der Waals surface area contributed by atoms with Gasteiger partial charge in [0.15, 0.2) is 11.6 Å². The molecule has 0 bridgehead atoms. The van der Waals surface area contributed by atoms with Crippen LogP contribution in [0.1, 0.15) is 39.5 Å². The van der Waals surface area contributed by atoms with Crippen molar-refractivity contribution in [2.45, 2.75) is 39.5 Å². The second kappa shape index (κ2) is 8.04.